The second kappa shape index (κ2) is 5.83. The van der Waals surface area contributed by atoms with Gasteiger partial charge in [0.15, 0.2) is 0 Å². The summed E-state index contributed by atoms with van der Waals surface area (Å²) < 4.78 is 5.16. The molecule has 1 aromatic heterocycles. The first-order chi connectivity index (χ1) is 6.74. The highest BCUT2D eigenvalue weighted by atomic mass is 16.3. The summed E-state index contributed by atoms with van der Waals surface area (Å²) in [4.78, 5) is 0. The molecule has 3 nitrogen and oxygen atoms in total. The van der Waals surface area contributed by atoms with Crippen LogP contribution in [0.5, 0.6) is 0 Å². The van der Waals surface area contributed by atoms with Crippen molar-refractivity contribution in [1.29, 1.82) is 0 Å². The smallest absolute Gasteiger partial charge is 0.117 e. The molecule has 0 aliphatic carbocycles. The van der Waals surface area contributed by atoms with Crippen LogP contribution in [0.2, 0.25) is 0 Å². The molecule has 1 aromatic rings. The zero-order chi connectivity index (χ0) is 10.4. The summed E-state index contributed by atoms with van der Waals surface area (Å²) in [5.41, 5.74) is 0. The number of hydrogen-bond donors (Lipinski definition) is 2. The highest BCUT2D eigenvalue weighted by Crippen LogP contribution is 2.06. The van der Waals surface area contributed by atoms with E-state index in [0.717, 1.165) is 12.2 Å². The molecule has 80 valence electrons. The summed E-state index contributed by atoms with van der Waals surface area (Å²) in [5.74, 6) is 1.25. The van der Waals surface area contributed by atoms with Gasteiger partial charge in [-0.3, -0.25) is 0 Å². The van der Waals surface area contributed by atoms with Crippen LogP contribution in [-0.2, 0) is 6.54 Å². The van der Waals surface area contributed by atoms with Gasteiger partial charge in [-0.1, -0.05) is 20.3 Å². The minimum atomic E-state index is -0.269. The summed E-state index contributed by atoms with van der Waals surface area (Å²) in [5, 5.41) is 12.8. The molecule has 0 fully saturated rings. The van der Waals surface area contributed by atoms with E-state index in [1.807, 2.05) is 12.1 Å². The molecule has 14 heavy (non-hydrogen) atoms. The Kier molecular flexibility index (Phi) is 4.70. The molecule has 3 heteroatoms. The molecule has 2 unspecified atom stereocenters. The van der Waals surface area contributed by atoms with E-state index in [4.69, 9.17) is 4.42 Å². The quantitative estimate of drug-likeness (QED) is 0.730. The lowest BCUT2D eigenvalue weighted by molar-refractivity contribution is 0.112. The monoisotopic (exact) mass is 197 g/mol. The van der Waals surface area contributed by atoms with Gasteiger partial charge in [0.2, 0.25) is 0 Å². The van der Waals surface area contributed by atoms with Crippen LogP contribution in [0.15, 0.2) is 22.8 Å². The molecule has 2 N–H and O–H groups in total. The van der Waals surface area contributed by atoms with Crippen molar-refractivity contribution in [3.05, 3.63) is 24.2 Å². The van der Waals surface area contributed by atoms with Crippen LogP contribution in [-0.4, -0.2) is 17.8 Å². The van der Waals surface area contributed by atoms with E-state index in [9.17, 15) is 5.11 Å². The lowest BCUT2D eigenvalue weighted by Crippen LogP contribution is -2.31. The highest BCUT2D eigenvalue weighted by Gasteiger charge is 2.11. The molecule has 0 saturated carbocycles. The van der Waals surface area contributed by atoms with Gasteiger partial charge in [-0.2, -0.15) is 0 Å². The molecule has 0 bridgehead atoms. The van der Waals surface area contributed by atoms with Crippen LogP contribution in [0.3, 0.4) is 0 Å². The van der Waals surface area contributed by atoms with Crippen LogP contribution in [0, 0.1) is 5.92 Å². The van der Waals surface area contributed by atoms with Crippen molar-refractivity contribution < 1.29 is 9.52 Å². The third kappa shape index (κ3) is 3.52. The maximum absolute atomic E-state index is 9.65. The number of nitrogens with one attached hydrogen (secondary N) is 1. The van der Waals surface area contributed by atoms with Gasteiger partial charge in [-0.05, 0) is 18.1 Å². The van der Waals surface area contributed by atoms with Gasteiger partial charge in [0.1, 0.15) is 5.76 Å². The Bertz CT molecular complexity index is 233. The minimum Gasteiger partial charge on any atom is -0.468 e. The van der Waals surface area contributed by atoms with Crippen LogP contribution in [0.1, 0.15) is 26.0 Å². The van der Waals surface area contributed by atoms with Gasteiger partial charge in [0.25, 0.3) is 0 Å². The standard InChI is InChI=1S/C11H19NO2/c1-3-9(2)11(13)8-12-7-10-5-4-6-14-10/h4-6,9,11-13H,3,7-8H2,1-2H3. The van der Waals surface area contributed by atoms with E-state index in [1.54, 1.807) is 6.26 Å². The first kappa shape index (κ1) is 11.3. The Morgan fingerprint density at radius 3 is 2.93 bits per heavy atom. The second-order valence-electron chi connectivity index (χ2n) is 3.66. The van der Waals surface area contributed by atoms with Gasteiger partial charge < -0.3 is 14.8 Å². The predicted molar refractivity (Wildman–Crippen MR) is 55.9 cm³/mol. The molecule has 1 rings (SSSR count). The Morgan fingerprint density at radius 2 is 2.36 bits per heavy atom. The molecule has 0 saturated heterocycles. The first-order valence-corrected chi connectivity index (χ1v) is 5.15. The number of hydrogen-bond acceptors (Lipinski definition) is 3. The van der Waals surface area contributed by atoms with E-state index in [2.05, 4.69) is 19.2 Å². The second-order valence-corrected chi connectivity index (χ2v) is 3.66. The van der Waals surface area contributed by atoms with Crippen molar-refractivity contribution in [2.24, 2.45) is 5.92 Å². The summed E-state index contributed by atoms with van der Waals surface area (Å²) in [6.07, 6.45) is 2.39. The Hall–Kier alpha value is -0.800. The van der Waals surface area contributed by atoms with Crippen molar-refractivity contribution >= 4 is 0 Å². The topological polar surface area (TPSA) is 45.4 Å². The molecule has 0 spiro atoms. The van der Waals surface area contributed by atoms with Gasteiger partial charge in [-0.15, -0.1) is 0 Å². The fourth-order valence-electron chi connectivity index (χ4n) is 1.23. The van der Waals surface area contributed by atoms with Gasteiger partial charge >= 0.3 is 0 Å². The predicted octanol–water partition coefficient (Wildman–Crippen LogP) is 1.78. The maximum atomic E-state index is 9.65. The highest BCUT2D eigenvalue weighted by molar-refractivity contribution is 4.97. The number of aliphatic hydroxyl groups excluding tert-OH is 1. The number of rotatable bonds is 6. The van der Waals surface area contributed by atoms with Gasteiger partial charge in [-0.25, -0.2) is 0 Å². The Labute approximate surface area is 85.1 Å². The minimum absolute atomic E-state index is 0.269. The molecule has 0 aliphatic rings. The third-order valence-electron chi connectivity index (χ3n) is 2.53. The summed E-state index contributed by atoms with van der Waals surface area (Å²) in [7, 11) is 0. The summed E-state index contributed by atoms with van der Waals surface area (Å²) in [6.45, 7) is 5.44. The van der Waals surface area contributed by atoms with Crippen LogP contribution < -0.4 is 5.32 Å². The van der Waals surface area contributed by atoms with E-state index < -0.39 is 0 Å². The average Bonchev–Trinajstić information content (AvgIpc) is 2.69. The van der Waals surface area contributed by atoms with Gasteiger partial charge in [0.05, 0.1) is 18.9 Å². The van der Waals surface area contributed by atoms with Crippen molar-refractivity contribution in [3.63, 3.8) is 0 Å². The van der Waals surface area contributed by atoms with Crippen molar-refractivity contribution in [1.82, 2.24) is 5.32 Å². The average molecular weight is 197 g/mol. The zero-order valence-electron chi connectivity index (χ0n) is 8.86. The number of furan rings is 1. The Balaban J connectivity index is 2.15. The fraction of sp³-hybridized carbons (Fsp3) is 0.636. The molecular formula is C11H19NO2. The first-order valence-electron chi connectivity index (χ1n) is 5.15. The fourth-order valence-corrected chi connectivity index (χ4v) is 1.23. The maximum Gasteiger partial charge on any atom is 0.117 e. The summed E-state index contributed by atoms with van der Waals surface area (Å²) >= 11 is 0. The van der Waals surface area contributed by atoms with Gasteiger partial charge in [0, 0.05) is 6.54 Å². The lowest BCUT2D eigenvalue weighted by Gasteiger charge is -2.17. The molecule has 0 aliphatic heterocycles. The molecule has 0 aromatic carbocycles. The number of aliphatic hydroxyl groups is 1. The largest absolute Gasteiger partial charge is 0.468 e. The zero-order valence-corrected chi connectivity index (χ0v) is 8.86. The molecular weight excluding hydrogens is 178 g/mol. The van der Waals surface area contributed by atoms with Crippen LogP contribution >= 0.6 is 0 Å². The van der Waals surface area contributed by atoms with E-state index in [0.29, 0.717) is 19.0 Å². The molecule has 2 atom stereocenters. The summed E-state index contributed by atoms with van der Waals surface area (Å²) in [6, 6.07) is 3.78. The SMILES string of the molecule is CCC(C)C(O)CNCc1ccco1. The third-order valence-corrected chi connectivity index (χ3v) is 2.53. The van der Waals surface area contributed by atoms with E-state index >= 15 is 0 Å². The van der Waals surface area contributed by atoms with E-state index in [-0.39, 0.29) is 6.10 Å². The van der Waals surface area contributed by atoms with Crippen LogP contribution in [0.25, 0.3) is 0 Å². The normalized spacial score (nSPS) is 15.4. The van der Waals surface area contributed by atoms with E-state index in [1.165, 1.54) is 0 Å². The van der Waals surface area contributed by atoms with Crippen molar-refractivity contribution in [2.75, 3.05) is 6.54 Å². The lowest BCUT2D eigenvalue weighted by atomic mass is 10.0. The van der Waals surface area contributed by atoms with Crippen LogP contribution in [0.4, 0.5) is 0 Å². The Morgan fingerprint density at radius 1 is 1.57 bits per heavy atom. The van der Waals surface area contributed by atoms with Crippen molar-refractivity contribution in [3.8, 4) is 0 Å². The molecule has 0 amide bonds. The van der Waals surface area contributed by atoms with Crippen molar-refractivity contribution in [2.45, 2.75) is 32.9 Å². The molecule has 0 radical (unpaired) electrons. The molecule has 1 heterocycles.